The van der Waals surface area contributed by atoms with Crippen LogP contribution in [0.15, 0.2) is 12.1 Å². The fourth-order valence-corrected chi connectivity index (χ4v) is 3.28. The van der Waals surface area contributed by atoms with E-state index in [1.807, 2.05) is 0 Å². The number of nitrogens with zero attached hydrogens (tertiary/aromatic N) is 2. The summed E-state index contributed by atoms with van der Waals surface area (Å²) < 4.78 is 6.27. The van der Waals surface area contributed by atoms with Crippen LogP contribution in [-0.4, -0.2) is 23.6 Å². The Hall–Kier alpha value is -0.730. The summed E-state index contributed by atoms with van der Waals surface area (Å²) in [5.74, 6) is 1.66. The Bertz CT molecular complexity index is 559. The highest BCUT2D eigenvalue weighted by Crippen LogP contribution is 2.29. The fraction of sp³-hybridized carbons (Fsp3) is 0.429. The first-order valence-corrected chi connectivity index (χ1v) is 8.47. The van der Waals surface area contributed by atoms with E-state index in [1.165, 1.54) is 4.88 Å². The van der Waals surface area contributed by atoms with Crippen LogP contribution in [0.4, 0.5) is 5.82 Å². The number of methoxy groups -OCH3 is 1. The van der Waals surface area contributed by atoms with Gasteiger partial charge in [0, 0.05) is 18.5 Å². The first-order chi connectivity index (χ1) is 9.69. The molecule has 2 aromatic heterocycles. The van der Waals surface area contributed by atoms with Crippen LogP contribution in [0.5, 0.6) is 0 Å². The Kier molecular flexibility index (Phi) is 5.74. The third-order valence-corrected chi connectivity index (χ3v) is 5.13. The Morgan fingerprint density at radius 2 is 2.10 bits per heavy atom. The molecule has 0 spiro atoms. The second-order valence-corrected chi connectivity index (χ2v) is 6.49. The van der Waals surface area contributed by atoms with Crippen LogP contribution < -0.4 is 5.32 Å². The number of aromatic nitrogens is 2. The van der Waals surface area contributed by atoms with E-state index in [0.717, 1.165) is 38.7 Å². The molecule has 0 saturated carbocycles. The highest BCUT2D eigenvalue weighted by molar-refractivity contribution is 14.1. The first kappa shape index (κ1) is 15.7. The second-order valence-electron chi connectivity index (χ2n) is 4.24. The molecular weight excluding hydrogens is 385 g/mol. The Balaban J connectivity index is 2.46. The van der Waals surface area contributed by atoms with Crippen LogP contribution in [-0.2, 0) is 17.8 Å². The van der Waals surface area contributed by atoms with Crippen molar-refractivity contribution < 1.29 is 4.74 Å². The van der Waals surface area contributed by atoms with Gasteiger partial charge < -0.3 is 10.1 Å². The lowest BCUT2D eigenvalue weighted by Crippen LogP contribution is -2.08. The van der Waals surface area contributed by atoms with Gasteiger partial charge in [0.2, 0.25) is 0 Å². The second kappa shape index (κ2) is 7.33. The van der Waals surface area contributed by atoms with Gasteiger partial charge in [-0.2, -0.15) is 0 Å². The Morgan fingerprint density at radius 1 is 1.30 bits per heavy atom. The number of hydrogen-bond donors (Lipinski definition) is 1. The third-order valence-electron chi connectivity index (χ3n) is 2.78. The van der Waals surface area contributed by atoms with Gasteiger partial charge in [0.15, 0.2) is 5.82 Å². The quantitative estimate of drug-likeness (QED) is 0.743. The molecule has 0 bridgehead atoms. The zero-order valence-electron chi connectivity index (χ0n) is 11.9. The molecule has 0 amide bonds. The minimum atomic E-state index is 0.498. The standard InChI is InChI=1S/C14H18IN3OS/c1-4-9-6-7-11(20-9)13-17-10(8-19-3)12(15)14(18-13)16-5-2/h6-7H,4-5,8H2,1-3H3,(H,16,17,18). The highest BCUT2D eigenvalue weighted by atomic mass is 127. The van der Waals surface area contributed by atoms with Gasteiger partial charge in [-0.15, -0.1) is 11.3 Å². The lowest BCUT2D eigenvalue weighted by Gasteiger charge is -2.11. The molecule has 0 atom stereocenters. The smallest absolute Gasteiger partial charge is 0.172 e. The van der Waals surface area contributed by atoms with Crippen LogP contribution in [0, 0.1) is 3.57 Å². The lowest BCUT2D eigenvalue weighted by atomic mass is 10.3. The average Bonchev–Trinajstić information content (AvgIpc) is 2.92. The molecule has 20 heavy (non-hydrogen) atoms. The van der Waals surface area contributed by atoms with Gasteiger partial charge >= 0.3 is 0 Å². The minimum absolute atomic E-state index is 0.498. The van der Waals surface area contributed by atoms with Crippen molar-refractivity contribution in [2.24, 2.45) is 0 Å². The maximum absolute atomic E-state index is 5.24. The Labute approximate surface area is 137 Å². The molecule has 0 radical (unpaired) electrons. The summed E-state index contributed by atoms with van der Waals surface area (Å²) in [6.07, 6.45) is 1.04. The summed E-state index contributed by atoms with van der Waals surface area (Å²) in [5.41, 5.74) is 0.931. The van der Waals surface area contributed by atoms with E-state index in [9.17, 15) is 0 Å². The molecule has 1 N–H and O–H groups in total. The summed E-state index contributed by atoms with van der Waals surface area (Å²) in [5, 5.41) is 3.30. The summed E-state index contributed by atoms with van der Waals surface area (Å²) in [6.45, 7) is 5.56. The van der Waals surface area contributed by atoms with Gasteiger partial charge in [-0.05, 0) is 48.1 Å². The predicted molar refractivity (Wildman–Crippen MR) is 92.3 cm³/mol. The maximum Gasteiger partial charge on any atom is 0.172 e. The van der Waals surface area contributed by atoms with E-state index < -0.39 is 0 Å². The molecule has 2 aromatic rings. The number of anilines is 1. The van der Waals surface area contributed by atoms with Crippen molar-refractivity contribution in [3.05, 3.63) is 26.3 Å². The molecule has 0 unspecified atom stereocenters. The molecule has 108 valence electrons. The molecule has 2 rings (SSSR count). The van der Waals surface area contributed by atoms with Gasteiger partial charge in [-0.3, -0.25) is 0 Å². The number of halogens is 1. The molecule has 0 aliphatic heterocycles. The molecule has 0 aliphatic carbocycles. The van der Waals surface area contributed by atoms with E-state index in [4.69, 9.17) is 4.74 Å². The van der Waals surface area contributed by atoms with Crippen molar-refractivity contribution in [3.63, 3.8) is 0 Å². The lowest BCUT2D eigenvalue weighted by molar-refractivity contribution is 0.181. The maximum atomic E-state index is 5.24. The van der Waals surface area contributed by atoms with Crippen molar-refractivity contribution in [2.75, 3.05) is 19.0 Å². The highest BCUT2D eigenvalue weighted by Gasteiger charge is 2.14. The molecule has 6 heteroatoms. The minimum Gasteiger partial charge on any atom is -0.378 e. The van der Waals surface area contributed by atoms with Crippen molar-refractivity contribution in [1.29, 1.82) is 0 Å². The Morgan fingerprint density at radius 3 is 2.70 bits per heavy atom. The zero-order valence-corrected chi connectivity index (χ0v) is 14.8. The summed E-state index contributed by atoms with van der Waals surface area (Å²) in [6, 6.07) is 4.24. The number of hydrogen-bond acceptors (Lipinski definition) is 5. The van der Waals surface area contributed by atoms with Crippen LogP contribution in [0.1, 0.15) is 24.4 Å². The van der Waals surface area contributed by atoms with Gasteiger partial charge in [0.1, 0.15) is 5.82 Å². The normalized spacial score (nSPS) is 10.8. The van der Waals surface area contributed by atoms with Crippen LogP contribution in [0.25, 0.3) is 10.7 Å². The van der Waals surface area contributed by atoms with E-state index >= 15 is 0 Å². The predicted octanol–water partition coefficient (Wildman–Crippen LogP) is 3.95. The van der Waals surface area contributed by atoms with Crippen LogP contribution in [0.3, 0.4) is 0 Å². The number of nitrogens with one attached hydrogen (secondary N) is 1. The van der Waals surface area contributed by atoms with E-state index in [0.29, 0.717) is 6.61 Å². The van der Waals surface area contributed by atoms with E-state index in [2.05, 4.69) is 63.9 Å². The molecule has 0 saturated heterocycles. The summed E-state index contributed by atoms with van der Waals surface area (Å²) in [7, 11) is 1.69. The number of thiophene rings is 1. The van der Waals surface area contributed by atoms with Crippen molar-refractivity contribution >= 4 is 39.7 Å². The summed E-state index contributed by atoms with van der Waals surface area (Å²) in [4.78, 5) is 11.8. The largest absolute Gasteiger partial charge is 0.378 e. The molecule has 0 fully saturated rings. The average molecular weight is 403 g/mol. The zero-order chi connectivity index (χ0) is 14.5. The molecular formula is C14H18IN3OS. The number of aryl methyl sites for hydroxylation is 1. The fourth-order valence-electron chi connectivity index (χ4n) is 1.81. The summed E-state index contributed by atoms with van der Waals surface area (Å²) >= 11 is 4.02. The first-order valence-electron chi connectivity index (χ1n) is 6.57. The number of rotatable bonds is 6. The van der Waals surface area contributed by atoms with Gasteiger partial charge in [0.05, 0.1) is 20.7 Å². The van der Waals surface area contributed by atoms with Gasteiger partial charge in [0.25, 0.3) is 0 Å². The third kappa shape index (κ3) is 3.48. The van der Waals surface area contributed by atoms with Gasteiger partial charge in [-0.1, -0.05) is 6.92 Å². The van der Waals surface area contributed by atoms with Crippen LogP contribution in [0.2, 0.25) is 0 Å². The van der Waals surface area contributed by atoms with Crippen molar-refractivity contribution in [1.82, 2.24) is 9.97 Å². The number of ether oxygens (including phenoxy) is 1. The van der Waals surface area contributed by atoms with E-state index in [-0.39, 0.29) is 0 Å². The monoisotopic (exact) mass is 403 g/mol. The van der Waals surface area contributed by atoms with Crippen molar-refractivity contribution in [3.8, 4) is 10.7 Å². The SMILES string of the molecule is CCNc1nc(-c2ccc(CC)s2)nc(COC)c1I. The molecule has 0 aliphatic rings. The van der Waals surface area contributed by atoms with E-state index in [1.54, 1.807) is 18.4 Å². The van der Waals surface area contributed by atoms with Gasteiger partial charge in [-0.25, -0.2) is 9.97 Å². The molecule has 2 heterocycles. The van der Waals surface area contributed by atoms with Crippen LogP contribution >= 0.6 is 33.9 Å². The molecule has 4 nitrogen and oxygen atoms in total. The topological polar surface area (TPSA) is 47.0 Å². The van der Waals surface area contributed by atoms with Crippen molar-refractivity contribution in [2.45, 2.75) is 26.9 Å². The molecule has 0 aromatic carbocycles.